The summed E-state index contributed by atoms with van der Waals surface area (Å²) >= 11 is 5.70. The van der Waals surface area contributed by atoms with Gasteiger partial charge < -0.3 is 14.0 Å². The predicted molar refractivity (Wildman–Crippen MR) is 127 cm³/mol. The Morgan fingerprint density at radius 1 is 0.818 bits per heavy atom. The number of pyridine rings is 2. The largest absolute Gasteiger partial charge is 0.487 e. The second kappa shape index (κ2) is 8.01. The van der Waals surface area contributed by atoms with Crippen molar-refractivity contribution in [3.63, 3.8) is 0 Å². The third kappa shape index (κ3) is 3.74. The van der Waals surface area contributed by atoms with E-state index in [2.05, 4.69) is 49.7 Å². The summed E-state index contributed by atoms with van der Waals surface area (Å²) < 4.78 is 14.0. The fourth-order valence-corrected chi connectivity index (χ4v) is 4.39. The minimum Gasteiger partial charge on any atom is -0.487 e. The zero-order chi connectivity index (χ0) is 22.4. The van der Waals surface area contributed by atoms with Crippen LogP contribution >= 0.6 is 11.6 Å². The summed E-state index contributed by atoms with van der Waals surface area (Å²) in [5.74, 6) is 1.23. The Hall–Kier alpha value is -3.71. The van der Waals surface area contributed by atoms with E-state index in [0.29, 0.717) is 11.6 Å². The van der Waals surface area contributed by atoms with Crippen molar-refractivity contribution in [1.82, 2.24) is 24.5 Å². The molecule has 1 aliphatic carbocycles. The van der Waals surface area contributed by atoms with Crippen LogP contribution in [0.25, 0.3) is 32.9 Å². The average Bonchev–Trinajstić information content (AvgIpc) is 3.11. The molecule has 164 valence electrons. The monoisotopic (exact) mass is 457 g/mol. The Morgan fingerprint density at radius 2 is 1.61 bits per heavy atom. The molecule has 4 heterocycles. The predicted octanol–water partition coefficient (Wildman–Crippen LogP) is 5.22. The van der Waals surface area contributed by atoms with Crippen molar-refractivity contribution in [1.29, 1.82) is 0 Å². The van der Waals surface area contributed by atoms with E-state index in [1.807, 2.05) is 36.8 Å². The van der Waals surface area contributed by atoms with Crippen molar-refractivity contribution >= 4 is 33.4 Å². The van der Waals surface area contributed by atoms with Gasteiger partial charge >= 0.3 is 0 Å². The van der Waals surface area contributed by atoms with Crippen LogP contribution < -0.4 is 9.47 Å². The van der Waals surface area contributed by atoms with Crippen LogP contribution in [-0.2, 0) is 7.05 Å². The second-order valence-corrected chi connectivity index (χ2v) is 8.55. The molecule has 1 saturated carbocycles. The lowest BCUT2D eigenvalue weighted by Gasteiger charge is -2.34. The first-order chi connectivity index (χ1) is 16.1. The summed E-state index contributed by atoms with van der Waals surface area (Å²) in [6.45, 7) is 0. The summed E-state index contributed by atoms with van der Waals surface area (Å²) in [6, 6.07) is 12.5. The van der Waals surface area contributed by atoms with Gasteiger partial charge in [0.05, 0.1) is 17.9 Å². The van der Waals surface area contributed by atoms with Gasteiger partial charge in [-0.1, -0.05) is 12.1 Å². The molecule has 0 spiro atoms. The summed E-state index contributed by atoms with van der Waals surface area (Å²) in [7, 11) is 2.08. The van der Waals surface area contributed by atoms with Gasteiger partial charge in [-0.25, -0.2) is 15.0 Å². The van der Waals surface area contributed by atoms with Gasteiger partial charge in [0.1, 0.15) is 12.2 Å². The minimum atomic E-state index is 0.0850. The first-order valence-corrected chi connectivity index (χ1v) is 11.1. The molecule has 0 bridgehead atoms. The molecule has 0 aliphatic heterocycles. The van der Waals surface area contributed by atoms with Gasteiger partial charge in [0.15, 0.2) is 5.75 Å². The summed E-state index contributed by atoms with van der Waals surface area (Å²) in [4.78, 5) is 16.7. The van der Waals surface area contributed by atoms with Crippen LogP contribution in [0.15, 0.2) is 67.4 Å². The van der Waals surface area contributed by atoms with E-state index >= 15 is 0 Å². The Labute approximate surface area is 195 Å². The molecule has 0 N–H and O–H groups in total. The van der Waals surface area contributed by atoms with Crippen LogP contribution in [0.5, 0.6) is 11.6 Å². The Morgan fingerprint density at radius 3 is 2.39 bits per heavy atom. The SMILES string of the molecule is Cn1c2ccncc2c2ccc(-c3ccc(OC4CC(Oc5cnc(Cl)nc5)C4)nc3)cc21. The van der Waals surface area contributed by atoms with Gasteiger partial charge in [-0.05, 0) is 35.4 Å². The van der Waals surface area contributed by atoms with Gasteiger partial charge in [-0.2, -0.15) is 0 Å². The highest BCUT2D eigenvalue weighted by Crippen LogP contribution is 2.32. The third-order valence-electron chi connectivity index (χ3n) is 6.12. The topological polar surface area (TPSA) is 75.0 Å². The number of halogens is 1. The van der Waals surface area contributed by atoms with Crippen LogP contribution in [-0.4, -0.2) is 36.7 Å². The molecule has 4 aromatic heterocycles. The van der Waals surface area contributed by atoms with E-state index in [1.165, 1.54) is 16.4 Å². The van der Waals surface area contributed by atoms with E-state index in [1.54, 1.807) is 12.4 Å². The first kappa shape index (κ1) is 19.9. The lowest BCUT2D eigenvalue weighted by Crippen LogP contribution is -2.41. The Kier molecular flexibility index (Phi) is 4.84. The fraction of sp³-hybridized carbons (Fsp3) is 0.200. The molecule has 1 aliphatic rings. The van der Waals surface area contributed by atoms with Crippen LogP contribution in [0.1, 0.15) is 12.8 Å². The number of rotatable bonds is 5. The standard InChI is InChI=1S/C25H20ClN5O2/c1-31-22-6-7-27-14-21(22)20-4-2-15(8-23(20)31)16-3-5-24(28-11-16)33-18-9-17(10-18)32-19-12-29-25(26)30-13-19/h2-8,11-14,17-18H,9-10H2,1H3. The van der Waals surface area contributed by atoms with Crippen molar-refractivity contribution in [2.75, 3.05) is 0 Å². The van der Waals surface area contributed by atoms with E-state index in [-0.39, 0.29) is 17.5 Å². The number of aryl methyl sites for hydroxylation is 1. The summed E-state index contributed by atoms with van der Waals surface area (Å²) in [6.07, 6.45) is 10.5. The van der Waals surface area contributed by atoms with Crippen LogP contribution in [0, 0.1) is 0 Å². The number of nitrogens with zero attached hydrogens (tertiary/aromatic N) is 5. The molecule has 8 heteroatoms. The number of ether oxygens (including phenoxy) is 2. The molecule has 0 unspecified atom stereocenters. The van der Waals surface area contributed by atoms with Gasteiger partial charge in [-0.3, -0.25) is 4.98 Å². The zero-order valence-electron chi connectivity index (χ0n) is 17.9. The highest BCUT2D eigenvalue weighted by molar-refractivity contribution is 6.28. The molecule has 5 aromatic rings. The second-order valence-electron chi connectivity index (χ2n) is 8.21. The molecule has 6 rings (SSSR count). The van der Waals surface area contributed by atoms with Crippen molar-refractivity contribution in [2.24, 2.45) is 7.05 Å². The molecule has 0 radical (unpaired) electrons. The van der Waals surface area contributed by atoms with Crippen molar-refractivity contribution in [3.8, 4) is 22.8 Å². The highest BCUT2D eigenvalue weighted by atomic mass is 35.5. The molecule has 1 aromatic carbocycles. The molecule has 1 fully saturated rings. The lowest BCUT2D eigenvalue weighted by atomic mass is 9.92. The lowest BCUT2D eigenvalue weighted by molar-refractivity contribution is 0.00190. The smallest absolute Gasteiger partial charge is 0.222 e. The minimum absolute atomic E-state index is 0.0850. The first-order valence-electron chi connectivity index (χ1n) is 10.7. The summed E-state index contributed by atoms with van der Waals surface area (Å²) in [5.41, 5.74) is 4.50. The quantitative estimate of drug-likeness (QED) is 0.337. The number of hydrogen-bond donors (Lipinski definition) is 0. The molecule has 7 nitrogen and oxygen atoms in total. The fourth-order valence-electron chi connectivity index (χ4n) is 4.29. The van der Waals surface area contributed by atoms with E-state index in [9.17, 15) is 0 Å². The molecule has 0 saturated heterocycles. The maximum absolute atomic E-state index is 6.00. The number of aromatic nitrogens is 5. The van der Waals surface area contributed by atoms with Crippen LogP contribution in [0.4, 0.5) is 0 Å². The highest BCUT2D eigenvalue weighted by Gasteiger charge is 2.33. The summed E-state index contributed by atoms with van der Waals surface area (Å²) in [5, 5.41) is 2.57. The normalized spacial score (nSPS) is 17.8. The maximum atomic E-state index is 6.00. The Balaban J connectivity index is 1.13. The Bertz CT molecular complexity index is 1440. The van der Waals surface area contributed by atoms with Gasteiger partial charge in [0.2, 0.25) is 11.2 Å². The average molecular weight is 458 g/mol. The zero-order valence-corrected chi connectivity index (χ0v) is 18.6. The number of hydrogen-bond acceptors (Lipinski definition) is 6. The van der Waals surface area contributed by atoms with E-state index in [4.69, 9.17) is 21.1 Å². The van der Waals surface area contributed by atoms with Gasteiger partial charge in [-0.15, -0.1) is 0 Å². The van der Waals surface area contributed by atoms with Crippen molar-refractivity contribution < 1.29 is 9.47 Å². The van der Waals surface area contributed by atoms with E-state index < -0.39 is 0 Å². The molecular formula is C25H20ClN5O2. The van der Waals surface area contributed by atoms with Crippen LogP contribution in [0.2, 0.25) is 5.28 Å². The van der Waals surface area contributed by atoms with Gasteiger partial charge in [0, 0.05) is 66.4 Å². The van der Waals surface area contributed by atoms with Crippen molar-refractivity contribution in [2.45, 2.75) is 25.0 Å². The van der Waals surface area contributed by atoms with E-state index in [0.717, 1.165) is 29.4 Å². The molecule has 33 heavy (non-hydrogen) atoms. The molecular weight excluding hydrogens is 438 g/mol. The number of fused-ring (bicyclic) bond motifs is 3. The maximum Gasteiger partial charge on any atom is 0.222 e. The molecule has 0 amide bonds. The molecule has 0 atom stereocenters. The van der Waals surface area contributed by atoms with Gasteiger partial charge in [0.25, 0.3) is 0 Å². The third-order valence-corrected chi connectivity index (χ3v) is 6.31. The van der Waals surface area contributed by atoms with Crippen LogP contribution in [0.3, 0.4) is 0 Å². The van der Waals surface area contributed by atoms with Crippen molar-refractivity contribution in [3.05, 3.63) is 72.7 Å². The number of benzene rings is 1.